The van der Waals surface area contributed by atoms with Crippen molar-refractivity contribution in [2.24, 2.45) is 4.99 Å². The Balaban J connectivity index is 1.39. The molecule has 0 fully saturated rings. The maximum Gasteiger partial charge on any atom is 0.259 e. The van der Waals surface area contributed by atoms with Crippen molar-refractivity contribution in [3.8, 4) is 0 Å². The van der Waals surface area contributed by atoms with Crippen molar-refractivity contribution in [2.75, 3.05) is 26.2 Å². The molecule has 30 heavy (non-hydrogen) atoms. The van der Waals surface area contributed by atoms with Crippen molar-refractivity contribution in [3.05, 3.63) is 80.3 Å². The van der Waals surface area contributed by atoms with E-state index in [1.54, 1.807) is 0 Å². The number of rotatable bonds is 4. The minimum Gasteiger partial charge on any atom is -0.314 e. The molecule has 0 saturated heterocycles. The first kappa shape index (κ1) is 19.7. The van der Waals surface area contributed by atoms with Gasteiger partial charge in [0.15, 0.2) is 0 Å². The van der Waals surface area contributed by atoms with Gasteiger partial charge in [-0.25, -0.2) is 4.39 Å². The Kier molecular flexibility index (Phi) is 5.32. The number of nitrogens with zero attached hydrogens (tertiary/aromatic N) is 4. The number of amides is 1. The second kappa shape index (κ2) is 8.11. The second-order valence-corrected chi connectivity index (χ2v) is 9.11. The number of hydrogen-bond donors (Lipinski definition) is 0. The maximum atomic E-state index is 13.5. The molecular formula is C23H22FIN4O. The highest BCUT2D eigenvalue weighted by molar-refractivity contribution is 14.1. The fourth-order valence-electron chi connectivity index (χ4n) is 4.37. The lowest BCUT2D eigenvalue weighted by atomic mass is 10.00. The van der Waals surface area contributed by atoms with Gasteiger partial charge in [-0.2, -0.15) is 0 Å². The molecule has 0 spiro atoms. The molecule has 3 heterocycles. The van der Waals surface area contributed by atoms with Crippen molar-refractivity contribution in [3.63, 3.8) is 0 Å². The summed E-state index contributed by atoms with van der Waals surface area (Å²) >= 11 is 2.29. The molecule has 0 saturated carbocycles. The smallest absolute Gasteiger partial charge is 0.259 e. The van der Waals surface area contributed by atoms with E-state index in [1.165, 1.54) is 15.7 Å². The minimum atomic E-state index is -0.225. The summed E-state index contributed by atoms with van der Waals surface area (Å²) in [7, 11) is 0. The third kappa shape index (κ3) is 3.76. The average Bonchev–Trinajstić information content (AvgIpc) is 3.24. The fourth-order valence-corrected chi connectivity index (χ4v) is 4.73. The topological polar surface area (TPSA) is 39.2 Å². The third-order valence-electron chi connectivity index (χ3n) is 5.86. The molecule has 0 radical (unpaired) electrons. The summed E-state index contributed by atoms with van der Waals surface area (Å²) in [6, 6.07) is 14.9. The van der Waals surface area contributed by atoms with Gasteiger partial charge in [-0.1, -0.05) is 24.3 Å². The average molecular weight is 516 g/mol. The highest BCUT2D eigenvalue weighted by atomic mass is 127. The first-order valence-electron chi connectivity index (χ1n) is 10.2. The first-order valence-corrected chi connectivity index (χ1v) is 11.2. The number of aliphatic imine (C=N–C) groups is 1. The van der Waals surface area contributed by atoms with Gasteiger partial charge in [0.05, 0.1) is 18.7 Å². The fraction of sp³-hybridized carbons (Fsp3) is 0.304. The van der Waals surface area contributed by atoms with Gasteiger partial charge in [-0.15, -0.1) is 0 Å². The van der Waals surface area contributed by atoms with Gasteiger partial charge < -0.3 is 4.90 Å². The van der Waals surface area contributed by atoms with Crippen molar-refractivity contribution < 1.29 is 9.18 Å². The van der Waals surface area contributed by atoms with Crippen LogP contribution in [0.4, 0.5) is 4.39 Å². The molecule has 0 N–H and O–H groups in total. The Morgan fingerprint density at radius 3 is 2.43 bits per heavy atom. The molecule has 5 nitrogen and oxygen atoms in total. The molecule has 1 amide bonds. The van der Waals surface area contributed by atoms with Crippen LogP contribution in [0.3, 0.4) is 0 Å². The van der Waals surface area contributed by atoms with Crippen molar-refractivity contribution in [1.29, 1.82) is 0 Å². The van der Waals surface area contributed by atoms with Gasteiger partial charge in [0.2, 0.25) is 5.96 Å². The molecule has 0 aromatic heterocycles. The number of benzene rings is 2. The van der Waals surface area contributed by atoms with Crippen LogP contribution >= 0.6 is 22.6 Å². The van der Waals surface area contributed by atoms with E-state index in [4.69, 9.17) is 0 Å². The van der Waals surface area contributed by atoms with Gasteiger partial charge in [0, 0.05) is 41.9 Å². The predicted octanol–water partition coefficient (Wildman–Crippen LogP) is 3.60. The summed E-state index contributed by atoms with van der Waals surface area (Å²) in [6.45, 7) is 4.29. The number of carbonyl (C=O) groups is 1. The summed E-state index contributed by atoms with van der Waals surface area (Å²) < 4.78 is 14.4. The standard InChI is InChI=1S/C23H22FIN4O/c24-18-5-1-16(2-6-18)13-27-11-9-21-20(15-27)22(30)29(23-26-10-12-28(21)23)14-17-3-7-19(25)8-4-17/h1-8H,9-15H2. The molecule has 154 valence electrons. The van der Waals surface area contributed by atoms with Crippen LogP contribution in [0.1, 0.15) is 17.5 Å². The van der Waals surface area contributed by atoms with Crippen molar-refractivity contribution in [2.45, 2.75) is 19.5 Å². The normalized spacial score (nSPS) is 19.1. The Morgan fingerprint density at radius 2 is 1.67 bits per heavy atom. The zero-order valence-corrected chi connectivity index (χ0v) is 18.7. The molecule has 2 aromatic carbocycles. The van der Waals surface area contributed by atoms with Crippen LogP contribution in [0, 0.1) is 9.39 Å². The highest BCUT2D eigenvalue weighted by Gasteiger charge is 2.40. The molecule has 3 aliphatic heterocycles. The predicted molar refractivity (Wildman–Crippen MR) is 122 cm³/mol. The summed E-state index contributed by atoms with van der Waals surface area (Å²) in [5.74, 6) is 0.630. The van der Waals surface area contributed by atoms with E-state index in [0.29, 0.717) is 19.6 Å². The van der Waals surface area contributed by atoms with Crippen LogP contribution in [-0.2, 0) is 17.9 Å². The quantitative estimate of drug-likeness (QED) is 0.584. The highest BCUT2D eigenvalue weighted by Crippen LogP contribution is 2.32. The number of guanidine groups is 1. The Hall–Kier alpha value is -2.26. The Labute approximate surface area is 189 Å². The molecule has 2 aromatic rings. The number of fused-ring (bicyclic) bond motifs is 2. The monoisotopic (exact) mass is 516 g/mol. The molecule has 7 heteroatoms. The number of carbonyl (C=O) groups excluding carboxylic acids is 1. The van der Waals surface area contributed by atoms with E-state index in [1.807, 2.05) is 17.0 Å². The van der Waals surface area contributed by atoms with Crippen LogP contribution in [0.2, 0.25) is 0 Å². The Bertz CT molecular complexity index is 1030. The lowest BCUT2D eigenvalue weighted by Crippen LogP contribution is -2.53. The lowest BCUT2D eigenvalue weighted by molar-refractivity contribution is -0.125. The van der Waals surface area contributed by atoms with E-state index >= 15 is 0 Å². The van der Waals surface area contributed by atoms with E-state index < -0.39 is 0 Å². The summed E-state index contributed by atoms with van der Waals surface area (Å²) in [5.41, 5.74) is 4.16. The largest absolute Gasteiger partial charge is 0.314 e. The van der Waals surface area contributed by atoms with Gasteiger partial charge in [0.25, 0.3) is 5.91 Å². The maximum absolute atomic E-state index is 13.5. The van der Waals surface area contributed by atoms with E-state index in [2.05, 4.69) is 61.6 Å². The summed E-state index contributed by atoms with van der Waals surface area (Å²) in [5, 5.41) is 0. The molecule has 0 aliphatic carbocycles. The van der Waals surface area contributed by atoms with Crippen LogP contribution in [-0.4, -0.2) is 52.7 Å². The SMILES string of the molecule is O=C1C2=C(CCN(Cc3ccc(F)cc3)C2)N2CCN=C2N1Cc1ccc(I)cc1. The van der Waals surface area contributed by atoms with Crippen molar-refractivity contribution >= 4 is 34.5 Å². The van der Waals surface area contributed by atoms with Gasteiger partial charge in [-0.3, -0.25) is 19.6 Å². The second-order valence-electron chi connectivity index (χ2n) is 7.86. The van der Waals surface area contributed by atoms with Crippen LogP contribution < -0.4 is 0 Å². The summed E-state index contributed by atoms with van der Waals surface area (Å²) in [4.78, 5) is 24.5. The van der Waals surface area contributed by atoms with Gasteiger partial charge in [0.1, 0.15) is 5.82 Å². The molecule has 3 aliphatic rings. The van der Waals surface area contributed by atoms with Gasteiger partial charge in [-0.05, 0) is 58.0 Å². The van der Waals surface area contributed by atoms with Gasteiger partial charge >= 0.3 is 0 Å². The molecule has 0 bridgehead atoms. The third-order valence-corrected chi connectivity index (χ3v) is 6.58. The molecule has 0 atom stereocenters. The lowest BCUT2D eigenvalue weighted by Gasteiger charge is -2.42. The van der Waals surface area contributed by atoms with Crippen LogP contribution in [0.5, 0.6) is 0 Å². The number of hydrogen-bond acceptors (Lipinski definition) is 4. The van der Waals surface area contributed by atoms with E-state index in [0.717, 1.165) is 54.4 Å². The van der Waals surface area contributed by atoms with Crippen LogP contribution in [0.25, 0.3) is 0 Å². The Morgan fingerprint density at radius 1 is 0.967 bits per heavy atom. The molecule has 5 rings (SSSR count). The minimum absolute atomic E-state index is 0.0595. The first-order chi connectivity index (χ1) is 14.6. The van der Waals surface area contributed by atoms with Crippen LogP contribution in [0.15, 0.2) is 64.8 Å². The number of halogens is 2. The van der Waals surface area contributed by atoms with Crippen molar-refractivity contribution in [1.82, 2.24) is 14.7 Å². The zero-order valence-electron chi connectivity index (χ0n) is 16.5. The van der Waals surface area contributed by atoms with E-state index in [9.17, 15) is 9.18 Å². The molecule has 0 unspecified atom stereocenters. The molecular weight excluding hydrogens is 494 g/mol. The zero-order chi connectivity index (χ0) is 20.7. The van der Waals surface area contributed by atoms with E-state index in [-0.39, 0.29) is 11.7 Å². The summed E-state index contributed by atoms with van der Waals surface area (Å²) in [6.07, 6.45) is 0.832.